The Morgan fingerprint density at radius 2 is 1.53 bits per heavy atom. The van der Waals surface area contributed by atoms with Crippen LogP contribution in [0.25, 0.3) is 5.69 Å². The number of nitrogens with one attached hydrogen (secondary N) is 1. The van der Waals surface area contributed by atoms with Crippen molar-refractivity contribution in [2.75, 3.05) is 24.4 Å². The summed E-state index contributed by atoms with van der Waals surface area (Å²) in [4.78, 5) is 12.7. The second-order valence-corrected chi connectivity index (χ2v) is 10.8. The molecule has 7 rings (SSSR count). The fraction of sp³-hybridized carbons (Fsp3) is 0.171. The van der Waals surface area contributed by atoms with Gasteiger partial charge in [0.05, 0.1) is 43.0 Å². The molecule has 0 aliphatic carbocycles. The van der Waals surface area contributed by atoms with Crippen LogP contribution in [0.15, 0.2) is 101 Å². The third-order valence-electron chi connectivity index (χ3n) is 8.01. The van der Waals surface area contributed by atoms with Crippen molar-refractivity contribution in [2.24, 2.45) is 9.98 Å². The molecule has 1 unspecified atom stereocenters. The summed E-state index contributed by atoms with van der Waals surface area (Å²) in [6, 6.07) is 30.5. The normalized spacial score (nSPS) is 15.1. The number of para-hydroxylation sites is 3. The van der Waals surface area contributed by atoms with E-state index in [0.29, 0.717) is 23.2 Å². The zero-order valence-electron chi connectivity index (χ0n) is 24.8. The van der Waals surface area contributed by atoms with Gasteiger partial charge in [-0.1, -0.05) is 48.5 Å². The zero-order valence-corrected chi connectivity index (χ0v) is 24.8. The maximum Gasteiger partial charge on any atom is 0.179 e. The molecule has 0 saturated carbocycles. The number of aryl methyl sites for hydroxylation is 3. The van der Waals surface area contributed by atoms with Gasteiger partial charge in [-0.25, -0.2) is 14.7 Å². The first-order valence-electron chi connectivity index (χ1n) is 14.2. The number of rotatable bonds is 5. The lowest BCUT2D eigenvalue weighted by Crippen LogP contribution is -2.46. The molecule has 0 saturated heterocycles. The van der Waals surface area contributed by atoms with Crippen LogP contribution in [-0.4, -0.2) is 35.7 Å². The van der Waals surface area contributed by atoms with Gasteiger partial charge < -0.3 is 19.7 Å². The number of amidine groups is 2. The first kappa shape index (κ1) is 26.5. The van der Waals surface area contributed by atoms with Crippen LogP contribution in [0.3, 0.4) is 0 Å². The minimum atomic E-state index is -0.271. The number of aliphatic imine (C=N–C) groups is 2. The van der Waals surface area contributed by atoms with Crippen LogP contribution in [0.2, 0.25) is 0 Å². The molecule has 0 radical (unpaired) electrons. The Bertz CT molecular complexity index is 1920. The van der Waals surface area contributed by atoms with Crippen molar-refractivity contribution in [1.29, 1.82) is 0 Å². The standard InChI is InChI=1S/C35H32N6O2/c1-21-15-16-22(2)27(19-21)37-33-35-38-34-31(23(3)39-41(34)25-11-7-6-8-12-25)32(24-17-18-29(42-4)30(20-24)43-5)40(35)28-14-10-9-13-26(28)36-33/h6-20,32H,1-5H3,(H,36,37). The van der Waals surface area contributed by atoms with Crippen LogP contribution < -0.4 is 19.7 Å². The van der Waals surface area contributed by atoms with Crippen LogP contribution in [0, 0.1) is 20.8 Å². The molecule has 43 heavy (non-hydrogen) atoms. The van der Waals surface area contributed by atoms with E-state index < -0.39 is 0 Å². The van der Waals surface area contributed by atoms with Gasteiger partial charge in [0.25, 0.3) is 0 Å². The molecular weight excluding hydrogens is 536 g/mol. The minimum Gasteiger partial charge on any atom is -0.493 e. The first-order valence-corrected chi connectivity index (χ1v) is 14.2. The Balaban J connectivity index is 1.51. The Morgan fingerprint density at radius 1 is 0.767 bits per heavy atom. The summed E-state index contributed by atoms with van der Waals surface area (Å²) in [5, 5.41) is 8.67. The van der Waals surface area contributed by atoms with E-state index in [1.807, 2.05) is 72.3 Å². The van der Waals surface area contributed by atoms with Gasteiger partial charge in [-0.05, 0) is 79.9 Å². The van der Waals surface area contributed by atoms with Gasteiger partial charge in [-0.15, -0.1) is 0 Å². The van der Waals surface area contributed by atoms with Crippen molar-refractivity contribution in [3.8, 4) is 17.2 Å². The predicted molar refractivity (Wildman–Crippen MR) is 172 cm³/mol. The Labute approximate surface area is 251 Å². The number of fused-ring (bicyclic) bond motifs is 4. The van der Waals surface area contributed by atoms with Crippen molar-refractivity contribution in [2.45, 2.75) is 26.8 Å². The summed E-state index contributed by atoms with van der Waals surface area (Å²) in [7, 11) is 3.31. The number of anilines is 2. The molecule has 214 valence electrons. The molecular formula is C35H32N6O2. The fourth-order valence-corrected chi connectivity index (χ4v) is 5.88. The van der Waals surface area contributed by atoms with E-state index in [0.717, 1.165) is 56.5 Å². The van der Waals surface area contributed by atoms with Gasteiger partial charge in [0.1, 0.15) is 0 Å². The number of benzene rings is 4. The molecule has 3 heterocycles. The zero-order chi connectivity index (χ0) is 29.7. The molecule has 8 nitrogen and oxygen atoms in total. The van der Waals surface area contributed by atoms with Crippen molar-refractivity contribution in [3.05, 3.63) is 119 Å². The average molecular weight is 569 g/mol. The van der Waals surface area contributed by atoms with Crippen LogP contribution >= 0.6 is 0 Å². The van der Waals surface area contributed by atoms with E-state index in [-0.39, 0.29) is 6.04 Å². The Hall–Kier alpha value is -5.37. The first-order chi connectivity index (χ1) is 21.0. The highest BCUT2D eigenvalue weighted by atomic mass is 16.5. The lowest BCUT2D eigenvalue weighted by atomic mass is 9.93. The maximum absolute atomic E-state index is 5.76. The number of hydrogen-bond donors (Lipinski definition) is 1. The number of hydrogen-bond acceptors (Lipinski definition) is 7. The lowest BCUT2D eigenvalue weighted by molar-refractivity contribution is 0.354. The number of nitrogens with zero attached hydrogens (tertiary/aromatic N) is 5. The summed E-state index contributed by atoms with van der Waals surface area (Å²) in [5.74, 6) is 3.48. The summed E-state index contributed by atoms with van der Waals surface area (Å²) in [6.07, 6.45) is 0. The van der Waals surface area contributed by atoms with Gasteiger partial charge in [0, 0.05) is 11.3 Å². The number of ether oxygens (including phenoxy) is 2. The van der Waals surface area contributed by atoms with E-state index >= 15 is 0 Å². The van der Waals surface area contributed by atoms with Gasteiger partial charge in [0.2, 0.25) is 0 Å². The molecule has 0 spiro atoms. The van der Waals surface area contributed by atoms with E-state index in [2.05, 4.69) is 54.4 Å². The summed E-state index contributed by atoms with van der Waals surface area (Å²) in [6.45, 7) is 6.23. The Kier molecular flexibility index (Phi) is 6.46. The van der Waals surface area contributed by atoms with E-state index in [4.69, 9.17) is 24.6 Å². The quantitative estimate of drug-likeness (QED) is 0.236. The predicted octanol–water partition coefficient (Wildman–Crippen LogP) is 7.61. The molecule has 0 bridgehead atoms. The van der Waals surface area contributed by atoms with Gasteiger partial charge in [-0.2, -0.15) is 5.10 Å². The molecule has 2 aliphatic rings. The van der Waals surface area contributed by atoms with Crippen molar-refractivity contribution in [1.82, 2.24) is 9.78 Å². The van der Waals surface area contributed by atoms with Crippen molar-refractivity contribution < 1.29 is 9.47 Å². The minimum absolute atomic E-state index is 0.271. The van der Waals surface area contributed by atoms with Crippen molar-refractivity contribution in [3.63, 3.8) is 0 Å². The highest BCUT2D eigenvalue weighted by molar-refractivity contribution is 6.51. The maximum atomic E-state index is 5.76. The second kappa shape index (κ2) is 10.5. The highest BCUT2D eigenvalue weighted by Crippen LogP contribution is 2.49. The number of methoxy groups -OCH3 is 2. The molecule has 5 aromatic rings. The monoisotopic (exact) mass is 568 g/mol. The smallest absolute Gasteiger partial charge is 0.179 e. The molecule has 1 aromatic heterocycles. The average Bonchev–Trinajstić information content (AvgIpc) is 3.37. The molecule has 4 aromatic carbocycles. The third kappa shape index (κ3) is 4.43. The molecule has 0 fully saturated rings. The largest absolute Gasteiger partial charge is 0.493 e. The molecule has 0 amide bonds. The van der Waals surface area contributed by atoms with E-state index in [9.17, 15) is 0 Å². The molecule has 2 aliphatic heterocycles. The van der Waals surface area contributed by atoms with Gasteiger partial charge >= 0.3 is 0 Å². The number of aromatic nitrogens is 2. The van der Waals surface area contributed by atoms with Crippen LogP contribution in [0.5, 0.6) is 11.5 Å². The molecule has 1 N–H and O–H groups in total. The van der Waals surface area contributed by atoms with Crippen LogP contribution in [0.1, 0.15) is 34.0 Å². The topological polar surface area (TPSA) is 76.3 Å². The Morgan fingerprint density at radius 3 is 2.33 bits per heavy atom. The highest BCUT2D eigenvalue weighted by Gasteiger charge is 2.41. The van der Waals surface area contributed by atoms with Crippen LogP contribution in [-0.2, 0) is 0 Å². The fourth-order valence-electron chi connectivity index (χ4n) is 5.88. The van der Waals surface area contributed by atoms with Crippen molar-refractivity contribution >= 4 is 34.6 Å². The third-order valence-corrected chi connectivity index (χ3v) is 8.01. The SMILES string of the molecule is COc1ccc(C2c3c(C)nn(-c4ccccc4)c3N=C3C(Nc4cc(C)ccc4C)=Nc4ccccc4N32)cc1OC. The lowest BCUT2D eigenvalue weighted by Gasteiger charge is -2.40. The second-order valence-electron chi connectivity index (χ2n) is 10.8. The summed E-state index contributed by atoms with van der Waals surface area (Å²) >= 11 is 0. The van der Waals surface area contributed by atoms with E-state index in [1.165, 1.54) is 0 Å². The van der Waals surface area contributed by atoms with Gasteiger partial charge in [0.15, 0.2) is 29.0 Å². The summed E-state index contributed by atoms with van der Waals surface area (Å²) in [5.41, 5.74) is 8.96. The van der Waals surface area contributed by atoms with Gasteiger partial charge in [-0.3, -0.25) is 0 Å². The summed E-state index contributed by atoms with van der Waals surface area (Å²) < 4.78 is 13.3. The van der Waals surface area contributed by atoms with E-state index in [1.54, 1.807) is 14.2 Å². The van der Waals surface area contributed by atoms with Crippen LogP contribution in [0.4, 0.5) is 22.9 Å². The molecule has 8 heteroatoms. The molecule has 1 atom stereocenters.